The molecule has 4 rings (SSSR count). The summed E-state index contributed by atoms with van der Waals surface area (Å²) in [5.41, 5.74) is 1.86. The van der Waals surface area contributed by atoms with E-state index >= 15 is 0 Å². The highest BCUT2D eigenvalue weighted by Gasteiger charge is 2.42. The highest BCUT2D eigenvalue weighted by molar-refractivity contribution is 6.33. The van der Waals surface area contributed by atoms with Crippen LogP contribution < -0.4 is 5.32 Å². The van der Waals surface area contributed by atoms with Crippen LogP contribution in [0.1, 0.15) is 33.4 Å². The monoisotopic (exact) mass is 426 g/mol. The second-order valence-corrected chi connectivity index (χ2v) is 7.50. The number of likely N-dealkylation sites (N-methyl/N-ethyl adjacent to an activating group) is 1. The molecule has 0 aromatic heterocycles. The summed E-state index contributed by atoms with van der Waals surface area (Å²) in [5.74, 6) is -2.36. The van der Waals surface area contributed by atoms with E-state index in [0.29, 0.717) is 16.7 Å². The Kier molecular flexibility index (Phi) is 5.26. The van der Waals surface area contributed by atoms with Gasteiger partial charge in [0.15, 0.2) is 0 Å². The zero-order valence-corrected chi connectivity index (χ0v) is 16.7. The maximum Gasteiger partial charge on any atom is 0.254 e. The number of hydrogen-bond acceptors (Lipinski definition) is 2. The summed E-state index contributed by atoms with van der Waals surface area (Å²) in [6, 6.07) is 15.6. The van der Waals surface area contributed by atoms with Crippen LogP contribution in [0.3, 0.4) is 0 Å². The van der Waals surface area contributed by atoms with E-state index in [1.807, 2.05) is 0 Å². The number of nitrogens with one attached hydrogen (secondary N) is 1. The molecule has 3 aromatic rings. The molecule has 30 heavy (non-hydrogen) atoms. The van der Waals surface area contributed by atoms with Gasteiger partial charge in [-0.15, -0.1) is 0 Å². The maximum absolute atomic E-state index is 13.5. The van der Waals surface area contributed by atoms with Gasteiger partial charge in [0.05, 0.1) is 22.7 Å². The van der Waals surface area contributed by atoms with Crippen molar-refractivity contribution >= 4 is 29.1 Å². The molecule has 152 valence electrons. The Morgan fingerprint density at radius 3 is 2.37 bits per heavy atom. The van der Waals surface area contributed by atoms with Gasteiger partial charge in [-0.1, -0.05) is 41.9 Å². The van der Waals surface area contributed by atoms with Crippen molar-refractivity contribution in [1.29, 1.82) is 0 Å². The second kappa shape index (κ2) is 7.88. The molecule has 4 nitrogen and oxygen atoms in total. The molecule has 0 aliphatic carbocycles. The summed E-state index contributed by atoms with van der Waals surface area (Å²) in [4.78, 5) is 27.8. The number of benzene rings is 3. The predicted octanol–water partition coefficient (Wildman–Crippen LogP) is 5.17. The Morgan fingerprint density at radius 2 is 1.67 bits per heavy atom. The average molecular weight is 427 g/mol. The van der Waals surface area contributed by atoms with E-state index in [0.717, 1.165) is 6.07 Å². The van der Waals surface area contributed by atoms with Gasteiger partial charge in [0.2, 0.25) is 5.91 Å². The molecule has 0 saturated carbocycles. The van der Waals surface area contributed by atoms with Crippen molar-refractivity contribution in [2.75, 3.05) is 12.4 Å². The molecule has 0 saturated heterocycles. The van der Waals surface area contributed by atoms with Gasteiger partial charge in [0.1, 0.15) is 11.6 Å². The third-order valence-corrected chi connectivity index (χ3v) is 5.58. The molecular weight excluding hydrogens is 410 g/mol. The van der Waals surface area contributed by atoms with Crippen molar-refractivity contribution in [3.8, 4) is 0 Å². The minimum atomic E-state index is -0.782. The fourth-order valence-electron chi connectivity index (χ4n) is 3.83. The normalized spacial score (nSPS) is 18.1. The van der Waals surface area contributed by atoms with Crippen molar-refractivity contribution in [1.82, 2.24) is 4.90 Å². The first-order chi connectivity index (χ1) is 14.4. The van der Waals surface area contributed by atoms with Crippen molar-refractivity contribution in [3.63, 3.8) is 0 Å². The van der Waals surface area contributed by atoms with Crippen LogP contribution in [0.15, 0.2) is 66.7 Å². The maximum atomic E-state index is 13.5. The van der Waals surface area contributed by atoms with Crippen molar-refractivity contribution in [3.05, 3.63) is 100 Å². The second-order valence-electron chi connectivity index (χ2n) is 7.09. The van der Waals surface area contributed by atoms with Gasteiger partial charge in [0.25, 0.3) is 5.91 Å². The highest BCUT2D eigenvalue weighted by Crippen LogP contribution is 2.42. The van der Waals surface area contributed by atoms with Crippen LogP contribution >= 0.6 is 11.6 Å². The van der Waals surface area contributed by atoms with Gasteiger partial charge in [-0.05, 0) is 47.5 Å². The molecule has 1 N–H and O–H groups in total. The number of carbonyl (C=O) groups excluding carboxylic acids is 2. The smallest absolute Gasteiger partial charge is 0.254 e. The number of amides is 2. The van der Waals surface area contributed by atoms with Crippen LogP contribution in [0, 0.1) is 11.6 Å². The van der Waals surface area contributed by atoms with Gasteiger partial charge in [0, 0.05) is 12.6 Å². The highest BCUT2D eigenvalue weighted by atomic mass is 35.5. The van der Waals surface area contributed by atoms with Gasteiger partial charge in [-0.2, -0.15) is 0 Å². The standard InChI is InChI=1S/C23H17ClF2N2O2/c1-28-21(13-6-8-14(25)9-7-13)20(16-4-2-3-5-17(16)23(28)30)22(29)27-19-11-10-15(26)12-18(19)24/h2-12,20-21H,1H3,(H,27,29)/t20-,21+/m0/s1. The molecule has 0 radical (unpaired) electrons. The van der Waals surface area contributed by atoms with E-state index in [-0.39, 0.29) is 16.6 Å². The molecule has 1 heterocycles. The van der Waals surface area contributed by atoms with Crippen LogP contribution in [-0.2, 0) is 4.79 Å². The molecule has 2 atom stereocenters. The molecule has 0 spiro atoms. The summed E-state index contributed by atoms with van der Waals surface area (Å²) in [6.07, 6.45) is 0. The Bertz CT molecular complexity index is 1130. The molecule has 0 unspecified atom stereocenters. The lowest BCUT2D eigenvalue weighted by molar-refractivity contribution is -0.119. The summed E-state index contributed by atoms with van der Waals surface area (Å²) in [5, 5.41) is 2.81. The molecule has 7 heteroatoms. The molecule has 1 aliphatic heterocycles. The first-order valence-corrected chi connectivity index (χ1v) is 9.62. The summed E-state index contributed by atoms with van der Waals surface area (Å²) in [6.45, 7) is 0. The Morgan fingerprint density at radius 1 is 1.00 bits per heavy atom. The molecular formula is C23H17ClF2N2O2. The number of rotatable bonds is 3. The zero-order valence-electron chi connectivity index (χ0n) is 15.9. The first-order valence-electron chi connectivity index (χ1n) is 9.24. The summed E-state index contributed by atoms with van der Waals surface area (Å²) >= 11 is 6.07. The zero-order chi connectivity index (χ0) is 21.4. The van der Waals surface area contributed by atoms with Crippen LogP contribution in [0.2, 0.25) is 5.02 Å². The molecule has 2 amide bonds. The van der Waals surface area contributed by atoms with Crippen LogP contribution in [0.4, 0.5) is 14.5 Å². The average Bonchev–Trinajstić information content (AvgIpc) is 2.73. The third kappa shape index (κ3) is 3.55. The van der Waals surface area contributed by atoms with Crippen molar-refractivity contribution in [2.24, 2.45) is 0 Å². The van der Waals surface area contributed by atoms with E-state index in [1.54, 1.807) is 43.4 Å². The number of nitrogens with zero attached hydrogens (tertiary/aromatic N) is 1. The van der Waals surface area contributed by atoms with Crippen LogP contribution in [0.25, 0.3) is 0 Å². The number of fused-ring (bicyclic) bond motifs is 1. The predicted molar refractivity (Wildman–Crippen MR) is 110 cm³/mol. The van der Waals surface area contributed by atoms with Crippen LogP contribution in [-0.4, -0.2) is 23.8 Å². The number of anilines is 1. The fourth-order valence-corrected chi connectivity index (χ4v) is 4.05. The third-order valence-electron chi connectivity index (χ3n) is 5.26. The van der Waals surface area contributed by atoms with E-state index in [1.165, 1.54) is 29.2 Å². The van der Waals surface area contributed by atoms with Crippen LogP contribution in [0.5, 0.6) is 0 Å². The first kappa shape index (κ1) is 20.0. The Labute approximate surface area is 177 Å². The number of halogens is 3. The quantitative estimate of drug-likeness (QED) is 0.628. The lowest BCUT2D eigenvalue weighted by Gasteiger charge is -2.39. The van der Waals surface area contributed by atoms with Gasteiger partial charge in [-0.3, -0.25) is 9.59 Å². The van der Waals surface area contributed by atoms with E-state index in [4.69, 9.17) is 11.6 Å². The van der Waals surface area contributed by atoms with Gasteiger partial charge < -0.3 is 10.2 Å². The summed E-state index contributed by atoms with van der Waals surface area (Å²) in [7, 11) is 1.61. The SMILES string of the molecule is CN1C(=O)c2ccccc2[C@H](C(=O)Nc2ccc(F)cc2Cl)[C@H]1c1ccc(F)cc1. The Balaban J connectivity index is 1.81. The van der Waals surface area contributed by atoms with E-state index in [2.05, 4.69) is 5.32 Å². The lowest BCUT2D eigenvalue weighted by atomic mass is 9.79. The number of carbonyl (C=O) groups is 2. The van der Waals surface area contributed by atoms with Gasteiger partial charge in [-0.25, -0.2) is 8.78 Å². The van der Waals surface area contributed by atoms with Gasteiger partial charge >= 0.3 is 0 Å². The molecule has 0 bridgehead atoms. The summed E-state index contributed by atoms with van der Waals surface area (Å²) < 4.78 is 26.9. The van der Waals surface area contributed by atoms with Crippen molar-refractivity contribution in [2.45, 2.75) is 12.0 Å². The Hall–Kier alpha value is -3.25. The largest absolute Gasteiger partial charge is 0.334 e. The molecule has 1 aliphatic rings. The number of hydrogen-bond donors (Lipinski definition) is 1. The molecule has 3 aromatic carbocycles. The topological polar surface area (TPSA) is 49.4 Å². The lowest BCUT2D eigenvalue weighted by Crippen LogP contribution is -2.44. The molecule has 0 fully saturated rings. The van der Waals surface area contributed by atoms with E-state index < -0.39 is 29.5 Å². The minimum absolute atomic E-state index is 0.0650. The van der Waals surface area contributed by atoms with Crippen molar-refractivity contribution < 1.29 is 18.4 Å². The minimum Gasteiger partial charge on any atom is -0.334 e. The van der Waals surface area contributed by atoms with E-state index in [9.17, 15) is 18.4 Å². The fraction of sp³-hybridized carbons (Fsp3) is 0.130.